The molecule has 1 N–H and O–H groups in total. The molecule has 1 fully saturated rings. The quantitative estimate of drug-likeness (QED) is 0.873. The van der Waals surface area contributed by atoms with Crippen molar-refractivity contribution in [3.63, 3.8) is 0 Å². The van der Waals surface area contributed by atoms with Crippen LogP contribution in [0.2, 0.25) is 0 Å². The van der Waals surface area contributed by atoms with Crippen molar-refractivity contribution in [1.29, 1.82) is 5.26 Å². The van der Waals surface area contributed by atoms with Crippen LogP contribution in [0.15, 0.2) is 30.3 Å². The molecule has 0 bridgehead atoms. The topological polar surface area (TPSA) is 39.1 Å². The second kappa shape index (κ2) is 7.06. The standard InChI is InChI=1S/C18H27N3/c1-4-20-18(14-19,17-8-6-5-7-9-17)10-11-21-13-15(2)12-16(21)3/h5-9,15-16,20H,4,10-13H2,1-3H3. The lowest BCUT2D eigenvalue weighted by Gasteiger charge is -2.31. The Hall–Kier alpha value is -1.37. The van der Waals surface area contributed by atoms with E-state index in [1.807, 2.05) is 18.2 Å². The summed E-state index contributed by atoms with van der Waals surface area (Å²) in [7, 11) is 0. The van der Waals surface area contributed by atoms with E-state index in [1.165, 1.54) is 6.42 Å². The molecular formula is C18H27N3. The average molecular weight is 285 g/mol. The first-order chi connectivity index (χ1) is 10.1. The van der Waals surface area contributed by atoms with Gasteiger partial charge in [0.25, 0.3) is 0 Å². The number of hydrogen-bond acceptors (Lipinski definition) is 3. The maximum Gasteiger partial charge on any atom is 0.133 e. The number of benzene rings is 1. The fourth-order valence-electron chi connectivity index (χ4n) is 3.53. The van der Waals surface area contributed by atoms with Gasteiger partial charge in [-0.2, -0.15) is 5.26 Å². The third-order valence-electron chi connectivity index (χ3n) is 4.62. The van der Waals surface area contributed by atoms with E-state index < -0.39 is 5.54 Å². The van der Waals surface area contributed by atoms with E-state index in [2.05, 4.69) is 49.2 Å². The van der Waals surface area contributed by atoms with Gasteiger partial charge in [-0.3, -0.25) is 5.32 Å². The minimum absolute atomic E-state index is 0.568. The first-order valence-corrected chi connectivity index (χ1v) is 8.07. The number of nitrogens with zero attached hydrogens (tertiary/aromatic N) is 2. The fourth-order valence-corrected chi connectivity index (χ4v) is 3.53. The molecule has 1 heterocycles. The third kappa shape index (κ3) is 3.64. The fraction of sp³-hybridized carbons (Fsp3) is 0.611. The van der Waals surface area contributed by atoms with Crippen molar-refractivity contribution in [2.24, 2.45) is 5.92 Å². The Morgan fingerprint density at radius 3 is 2.57 bits per heavy atom. The third-order valence-corrected chi connectivity index (χ3v) is 4.62. The predicted octanol–water partition coefficient (Wildman–Crippen LogP) is 3.14. The van der Waals surface area contributed by atoms with Crippen molar-refractivity contribution in [1.82, 2.24) is 10.2 Å². The van der Waals surface area contributed by atoms with Gasteiger partial charge in [-0.05, 0) is 37.8 Å². The summed E-state index contributed by atoms with van der Waals surface area (Å²) in [5.74, 6) is 0.771. The van der Waals surface area contributed by atoms with E-state index in [0.717, 1.165) is 37.5 Å². The second-order valence-corrected chi connectivity index (χ2v) is 6.35. The normalized spacial score (nSPS) is 25.4. The highest BCUT2D eigenvalue weighted by Gasteiger charge is 2.34. The Morgan fingerprint density at radius 1 is 1.33 bits per heavy atom. The largest absolute Gasteiger partial charge is 0.300 e. The molecule has 1 saturated heterocycles. The van der Waals surface area contributed by atoms with Crippen molar-refractivity contribution < 1.29 is 0 Å². The zero-order valence-electron chi connectivity index (χ0n) is 13.5. The summed E-state index contributed by atoms with van der Waals surface area (Å²) < 4.78 is 0. The van der Waals surface area contributed by atoms with Crippen LogP contribution in [0, 0.1) is 17.2 Å². The van der Waals surface area contributed by atoms with Crippen LogP contribution in [-0.2, 0) is 5.54 Å². The van der Waals surface area contributed by atoms with Crippen LogP contribution in [-0.4, -0.2) is 30.6 Å². The molecule has 3 heteroatoms. The zero-order valence-corrected chi connectivity index (χ0v) is 13.5. The first-order valence-electron chi connectivity index (χ1n) is 8.07. The average Bonchev–Trinajstić information content (AvgIpc) is 2.82. The monoisotopic (exact) mass is 285 g/mol. The molecule has 114 valence electrons. The van der Waals surface area contributed by atoms with Gasteiger partial charge in [-0.1, -0.05) is 44.2 Å². The number of hydrogen-bond donors (Lipinski definition) is 1. The lowest BCUT2D eigenvalue weighted by atomic mass is 9.87. The van der Waals surface area contributed by atoms with E-state index >= 15 is 0 Å². The first kappa shape index (κ1) is 16.0. The maximum atomic E-state index is 9.82. The molecule has 1 aliphatic rings. The van der Waals surface area contributed by atoms with Crippen LogP contribution < -0.4 is 5.32 Å². The van der Waals surface area contributed by atoms with Crippen LogP contribution in [0.3, 0.4) is 0 Å². The molecule has 1 aromatic rings. The van der Waals surface area contributed by atoms with Gasteiger partial charge in [0, 0.05) is 19.1 Å². The summed E-state index contributed by atoms with van der Waals surface area (Å²) in [6.45, 7) is 9.61. The molecule has 21 heavy (non-hydrogen) atoms. The van der Waals surface area contributed by atoms with Gasteiger partial charge in [0.15, 0.2) is 0 Å². The Morgan fingerprint density at radius 2 is 2.05 bits per heavy atom. The molecule has 0 spiro atoms. The van der Waals surface area contributed by atoms with E-state index in [1.54, 1.807) is 0 Å². The molecule has 0 aliphatic carbocycles. The van der Waals surface area contributed by atoms with Crippen molar-refractivity contribution in [3.05, 3.63) is 35.9 Å². The molecule has 1 aromatic carbocycles. The van der Waals surface area contributed by atoms with Gasteiger partial charge in [0.1, 0.15) is 5.54 Å². The van der Waals surface area contributed by atoms with Gasteiger partial charge >= 0.3 is 0 Å². The Balaban J connectivity index is 2.12. The molecule has 3 nitrogen and oxygen atoms in total. The minimum Gasteiger partial charge on any atom is -0.300 e. The lowest BCUT2D eigenvalue weighted by molar-refractivity contribution is 0.233. The highest BCUT2D eigenvalue weighted by atomic mass is 15.2. The van der Waals surface area contributed by atoms with Crippen LogP contribution in [0.25, 0.3) is 0 Å². The summed E-state index contributed by atoms with van der Waals surface area (Å²) in [6.07, 6.45) is 2.10. The zero-order chi connectivity index (χ0) is 15.3. The maximum absolute atomic E-state index is 9.82. The van der Waals surface area contributed by atoms with Crippen molar-refractivity contribution in [2.75, 3.05) is 19.6 Å². The number of rotatable bonds is 6. The van der Waals surface area contributed by atoms with Crippen molar-refractivity contribution >= 4 is 0 Å². The molecule has 0 aromatic heterocycles. The Labute approximate surface area is 129 Å². The number of likely N-dealkylation sites (tertiary alicyclic amines) is 1. The molecule has 0 saturated carbocycles. The summed E-state index contributed by atoms with van der Waals surface area (Å²) in [6, 6.07) is 13.3. The van der Waals surface area contributed by atoms with Gasteiger partial charge < -0.3 is 4.90 Å². The van der Waals surface area contributed by atoms with Crippen LogP contribution in [0.4, 0.5) is 0 Å². The van der Waals surface area contributed by atoms with Gasteiger partial charge in [0.05, 0.1) is 6.07 Å². The minimum atomic E-state index is -0.568. The smallest absolute Gasteiger partial charge is 0.133 e. The van der Waals surface area contributed by atoms with Crippen molar-refractivity contribution in [2.45, 2.75) is 45.2 Å². The molecule has 1 aliphatic heterocycles. The van der Waals surface area contributed by atoms with E-state index in [9.17, 15) is 5.26 Å². The molecule has 0 radical (unpaired) electrons. The molecule has 0 amide bonds. The molecule has 3 unspecified atom stereocenters. The van der Waals surface area contributed by atoms with E-state index in [-0.39, 0.29) is 0 Å². The van der Waals surface area contributed by atoms with Crippen LogP contribution in [0.1, 0.15) is 39.2 Å². The van der Waals surface area contributed by atoms with E-state index in [4.69, 9.17) is 0 Å². The van der Waals surface area contributed by atoms with Crippen molar-refractivity contribution in [3.8, 4) is 6.07 Å². The summed E-state index contributed by atoms with van der Waals surface area (Å²) >= 11 is 0. The highest BCUT2D eigenvalue weighted by molar-refractivity contribution is 5.31. The second-order valence-electron chi connectivity index (χ2n) is 6.35. The number of nitrogens with one attached hydrogen (secondary N) is 1. The van der Waals surface area contributed by atoms with Gasteiger partial charge in [0.2, 0.25) is 0 Å². The Bertz CT molecular complexity index is 479. The highest BCUT2D eigenvalue weighted by Crippen LogP contribution is 2.28. The lowest BCUT2D eigenvalue weighted by Crippen LogP contribution is -2.44. The van der Waals surface area contributed by atoms with Crippen LogP contribution in [0.5, 0.6) is 0 Å². The molecular weight excluding hydrogens is 258 g/mol. The SMILES string of the molecule is CCNC(C#N)(CCN1CC(C)CC1C)c1ccccc1. The molecule has 2 rings (SSSR count). The summed E-state index contributed by atoms with van der Waals surface area (Å²) in [4.78, 5) is 2.52. The van der Waals surface area contributed by atoms with Gasteiger partial charge in [-0.15, -0.1) is 0 Å². The molecule has 3 atom stereocenters. The summed E-state index contributed by atoms with van der Waals surface area (Å²) in [5, 5.41) is 13.2. The Kier molecular flexibility index (Phi) is 5.39. The van der Waals surface area contributed by atoms with Gasteiger partial charge in [-0.25, -0.2) is 0 Å². The van der Waals surface area contributed by atoms with E-state index in [0.29, 0.717) is 6.04 Å². The summed E-state index contributed by atoms with van der Waals surface area (Å²) in [5.41, 5.74) is 0.510. The predicted molar refractivity (Wildman–Crippen MR) is 86.8 cm³/mol. The van der Waals surface area contributed by atoms with Crippen LogP contribution >= 0.6 is 0 Å². The number of nitriles is 1.